The molecule has 0 aromatic heterocycles. The third kappa shape index (κ3) is 2.00. The Balaban J connectivity index is 1.82. The molecular weight excluding hydrogens is 234 g/mol. The Kier molecular flexibility index (Phi) is 2.52. The van der Waals surface area contributed by atoms with E-state index in [0.29, 0.717) is 24.6 Å². The van der Waals surface area contributed by atoms with E-state index in [0.717, 1.165) is 12.8 Å². The van der Waals surface area contributed by atoms with E-state index in [-0.39, 0.29) is 5.54 Å². The van der Waals surface area contributed by atoms with Crippen LogP contribution in [0.3, 0.4) is 0 Å². The lowest BCUT2D eigenvalue weighted by Crippen LogP contribution is -2.46. The van der Waals surface area contributed by atoms with Crippen LogP contribution in [-0.2, 0) is 15.4 Å². The topological polar surface area (TPSA) is 37.4 Å². The predicted octanol–water partition coefficient (Wildman–Crippen LogP) is 1.41. The molecule has 2 aliphatic rings. The molecule has 0 unspecified atom stereocenters. The molecule has 2 fully saturated rings. The summed E-state index contributed by atoms with van der Waals surface area (Å²) in [5.74, 6) is 0.642. The molecule has 0 amide bonds. The van der Waals surface area contributed by atoms with Crippen molar-refractivity contribution in [3.63, 3.8) is 0 Å². The van der Waals surface area contributed by atoms with Gasteiger partial charge in [-0.25, -0.2) is 8.42 Å². The summed E-state index contributed by atoms with van der Waals surface area (Å²) in [5, 5.41) is 0. The van der Waals surface area contributed by atoms with Gasteiger partial charge in [0.15, 0.2) is 9.84 Å². The summed E-state index contributed by atoms with van der Waals surface area (Å²) in [7, 11) is -2.77. The molecule has 1 aromatic rings. The highest BCUT2D eigenvalue weighted by Gasteiger charge is 2.50. The maximum absolute atomic E-state index is 11.5. The minimum atomic E-state index is -2.77. The highest BCUT2D eigenvalue weighted by Crippen LogP contribution is 2.51. The van der Waals surface area contributed by atoms with E-state index < -0.39 is 9.84 Å². The Morgan fingerprint density at radius 1 is 1.00 bits per heavy atom. The van der Waals surface area contributed by atoms with Gasteiger partial charge in [0.1, 0.15) is 0 Å². The van der Waals surface area contributed by atoms with E-state index in [9.17, 15) is 8.42 Å². The normalized spacial score (nSPS) is 26.6. The van der Waals surface area contributed by atoms with Crippen molar-refractivity contribution in [2.75, 3.05) is 24.6 Å². The molecule has 1 saturated heterocycles. The fourth-order valence-corrected chi connectivity index (χ4v) is 4.00. The molecule has 0 radical (unpaired) electrons. The second kappa shape index (κ2) is 3.82. The Morgan fingerprint density at radius 2 is 1.59 bits per heavy atom. The van der Waals surface area contributed by atoms with Gasteiger partial charge in [-0.3, -0.25) is 4.90 Å². The van der Waals surface area contributed by atoms with Crippen molar-refractivity contribution < 1.29 is 8.42 Å². The van der Waals surface area contributed by atoms with Crippen LogP contribution >= 0.6 is 0 Å². The first-order valence-corrected chi connectivity index (χ1v) is 7.96. The minimum absolute atomic E-state index is 0.150. The van der Waals surface area contributed by atoms with E-state index in [1.165, 1.54) is 5.56 Å². The predicted molar refractivity (Wildman–Crippen MR) is 67.6 cm³/mol. The summed E-state index contributed by atoms with van der Waals surface area (Å²) in [6.45, 7) is 1.38. The first-order chi connectivity index (χ1) is 8.12. The molecule has 0 bridgehead atoms. The second-order valence-electron chi connectivity index (χ2n) is 5.04. The summed E-state index contributed by atoms with van der Waals surface area (Å²) in [6.07, 6.45) is 2.33. The number of rotatable bonds is 2. The molecule has 0 spiro atoms. The first-order valence-electron chi connectivity index (χ1n) is 6.13. The van der Waals surface area contributed by atoms with E-state index in [1.54, 1.807) is 0 Å². The van der Waals surface area contributed by atoms with E-state index in [4.69, 9.17) is 0 Å². The van der Waals surface area contributed by atoms with Crippen LogP contribution in [0, 0.1) is 0 Å². The van der Waals surface area contributed by atoms with Gasteiger partial charge in [-0.05, 0) is 18.4 Å². The molecule has 1 aromatic carbocycles. The van der Waals surface area contributed by atoms with Crippen LogP contribution in [0.4, 0.5) is 0 Å². The Labute approximate surface area is 102 Å². The third-order valence-electron chi connectivity index (χ3n) is 3.98. The monoisotopic (exact) mass is 251 g/mol. The summed E-state index contributed by atoms with van der Waals surface area (Å²) < 4.78 is 22.9. The zero-order valence-electron chi connectivity index (χ0n) is 9.80. The van der Waals surface area contributed by atoms with Gasteiger partial charge in [0, 0.05) is 18.6 Å². The van der Waals surface area contributed by atoms with Crippen LogP contribution in [0.15, 0.2) is 30.3 Å². The van der Waals surface area contributed by atoms with Gasteiger partial charge in [0.2, 0.25) is 0 Å². The van der Waals surface area contributed by atoms with Crippen molar-refractivity contribution in [3.05, 3.63) is 35.9 Å². The van der Waals surface area contributed by atoms with Gasteiger partial charge < -0.3 is 0 Å². The average Bonchev–Trinajstić information content (AvgIpc) is 3.12. The quantitative estimate of drug-likeness (QED) is 0.797. The Hall–Kier alpha value is -0.870. The van der Waals surface area contributed by atoms with Crippen molar-refractivity contribution in [1.29, 1.82) is 0 Å². The van der Waals surface area contributed by atoms with Crippen LogP contribution in [-0.4, -0.2) is 37.9 Å². The third-order valence-corrected chi connectivity index (χ3v) is 5.59. The number of sulfone groups is 1. The van der Waals surface area contributed by atoms with Gasteiger partial charge in [0.05, 0.1) is 11.5 Å². The lowest BCUT2D eigenvalue weighted by molar-refractivity contribution is 0.192. The molecule has 17 heavy (non-hydrogen) atoms. The maximum Gasteiger partial charge on any atom is 0.152 e. The zero-order valence-corrected chi connectivity index (χ0v) is 10.6. The molecule has 3 nitrogen and oxygen atoms in total. The van der Waals surface area contributed by atoms with Crippen LogP contribution in [0.25, 0.3) is 0 Å². The van der Waals surface area contributed by atoms with Gasteiger partial charge in [0.25, 0.3) is 0 Å². The number of hydrogen-bond acceptors (Lipinski definition) is 3. The number of nitrogens with zero attached hydrogens (tertiary/aromatic N) is 1. The summed E-state index contributed by atoms with van der Waals surface area (Å²) >= 11 is 0. The summed E-state index contributed by atoms with van der Waals surface area (Å²) in [6, 6.07) is 10.5. The van der Waals surface area contributed by atoms with Crippen LogP contribution in [0.5, 0.6) is 0 Å². The fraction of sp³-hybridized carbons (Fsp3) is 0.538. The van der Waals surface area contributed by atoms with Crippen LogP contribution in [0.2, 0.25) is 0 Å². The number of benzene rings is 1. The molecule has 92 valence electrons. The second-order valence-corrected chi connectivity index (χ2v) is 7.34. The molecule has 1 aliphatic carbocycles. The molecule has 1 aliphatic heterocycles. The van der Waals surface area contributed by atoms with Crippen molar-refractivity contribution in [1.82, 2.24) is 4.90 Å². The van der Waals surface area contributed by atoms with Crippen molar-refractivity contribution >= 4 is 9.84 Å². The summed E-state index contributed by atoms with van der Waals surface area (Å²) in [4.78, 5) is 2.36. The van der Waals surface area contributed by atoms with Crippen molar-refractivity contribution in [3.8, 4) is 0 Å². The Morgan fingerprint density at radius 3 is 2.12 bits per heavy atom. The highest BCUT2D eigenvalue weighted by molar-refractivity contribution is 7.91. The van der Waals surface area contributed by atoms with Gasteiger partial charge in [-0.1, -0.05) is 30.3 Å². The fourth-order valence-electron chi connectivity index (χ4n) is 2.79. The lowest BCUT2D eigenvalue weighted by Gasteiger charge is -2.35. The molecular formula is C13H17NO2S. The van der Waals surface area contributed by atoms with Crippen LogP contribution in [0.1, 0.15) is 18.4 Å². The van der Waals surface area contributed by atoms with E-state index in [2.05, 4.69) is 29.2 Å². The standard InChI is InChI=1S/C13H17NO2S/c15-17(16)10-8-14(9-11-17)13(6-7-13)12-4-2-1-3-5-12/h1-5H,6-11H2. The van der Waals surface area contributed by atoms with Crippen molar-refractivity contribution in [2.45, 2.75) is 18.4 Å². The molecule has 1 saturated carbocycles. The van der Waals surface area contributed by atoms with Crippen LogP contribution < -0.4 is 0 Å². The van der Waals surface area contributed by atoms with Gasteiger partial charge in [-0.2, -0.15) is 0 Å². The lowest BCUT2D eigenvalue weighted by atomic mass is 10.0. The SMILES string of the molecule is O=S1(=O)CCN(C2(c3ccccc3)CC2)CC1. The molecule has 0 atom stereocenters. The minimum Gasteiger partial charge on any atom is -0.292 e. The Bertz CT molecular complexity index is 491. The zero-order chi connectivity index (χ0) is 11.9. The highest BCUT2D eigenvalue weighted by atomic mass is 32.2. The van der Waals surface area contributed by atoms with Gasteiger partial charge >= 0.3 is 0 Å². The smallest absolute Gasteiger partial charge is 0.152 e. The van der Waals surface area contributed by atoms with E-state index in [1.807, 2.05) is 6.07 Å². The number of hydrogen-bond donors (Lipinski definition) is 0. The molecule has 1 heterocycles. The van der Waals surface area contributed by atoms with E-state index >= 15 is 0 Å². The molecule has 3 rings (SSSR count). The first kappa shape index (κ1) is 11.2. The maximum atomic E-state index is 11.5. The average molecular weight is 251 g/mol. The summed E-state index contributed by atoms with van der Waals surface area (Å²) in [5.41, 5.74) is 1.50. The molecule has 0 N–H and O–H groups in total. The molecule has 4 heteroatoms. The largest absolute Gasteiger partial charge is 0.292 e. The van der Waals surface area contributed by atoms with Crippen molar-refractivity contribution in [2.24, 2.45) is 0 Å². The van der Waals surface area contributed by atoms with Gasteiger partial charge in [-0.15, -0.1) is 0 Å².